The van der Waals surface area contributed by atoms with E-state index < -0.39 is 6.10 Å². The summed E-state index contributed by atoms with van der Waals surface area (Å²) in [6.45, 7) is 4.63. The first-order chi connectivity index (χ1) is 15.0. The molecule has 0 aliphatic carbocycles. The van der Waals surface area contributed by atoms with E-state index in [0.717, 1.165) is 18.4 Å². The third kappa shape index (κ3) is 6.74. The van der Waals surface area contributed by atoms with E-state index in [1.807, 2.05) is 15.2 Å². The minimum absolute atomic E-state index is 0.0163. The molecule has 1 amide bonds. The van der Waals surface area contributed by atoms with Crippen LogP contribution in [0.1, 0.15) is 29.8 Å². The Bertz CT molecular complexity index is 827. The molecule has 1 aliphatic heterocycles. The molecule has 2 heterocycles. The minimum atomic E-state index is -0.516. The monoisotopic (exact) mass is 450 g/mol. The fraction of sp³-hybridized carbons (Fsp3) is 0.522. The van der Waals surface area contributed by atoms with Gasteiger partial charge in [-0.2, -0.15) is 0 Å². The van der Waals surface area contributed by atoms with Crippen molar-refractivity contribution in [1.29, 1.82) is 0 Å². The Morgan fingerprint density at radius 2 is 2.13 bits per heavy atom. The molecule has 0 saturated heterocycles. The van der Waals surface area contributed by atoms with Gasteiger partial charge in [-0.3, -0.25) is 9.69 Å². The van der Waals surface area contributed by atoms with Crippen LogP contribution in [-0.4, -0.2) is 73.4 Å². The molecule has 1 aromatic heterocycles. The van der Waals surface area contributed by atoms with Crippen molar-refractivity contribution in [3.8, 4) is 5.75 Å². The predicted octanol–water partition coefficient (Wildman–Crippen LogP) is 3.11. The van der Waals surface area contributed by atoms with Crippen LogP contribution in [0.15, 0.2) is 35.7 Å². The maximum atomic E-state index is 13.3. The normalized spacial score (nSPS) is 16.9. The van der Waals surface area contributed by atoms with Gasteiger partial charge in [-0.05, 0) is 61.0 Å². The largest absolute Gasteiger partial charge is 0.491 e. The first-order valence-electron chi connectivity index (χ1n) is 10.6. The summed E-state index contributed by atoms with van der Waals surface area (Å²) in [6.07, 6.45) is 1.10. The lowest BCUT2D eigenvalue weighted by Crippen LogP contribution is -2.47. The molecule has 6 nitrogen and oxygen atoms in total. The van der Waals surface area contributed by atoms with Crippen molar-refractivity contribution in [3.63, 3.8) is 0 Å². The average molecular weight is 451 g/mol. The number of halogens is 1. The Morgan fingerprint density at radius 1 is 1.35 bits per heavy atom. The van der Waals surface area contributed by atoms with Crippen molar-refractivity contribution in [2.75, 3.05) is 46.5 Å². The van der Waals surface area contributed by atoms with Gasteiger partial charge in [0.25, 0.3) is 0 Å². The summed E-state index contributed by atoms with van der Waals surface area (Å²) in [6, 6.07) is 7.79. The van der Waals surface area contributed by atoms with Crippen LogP contribution in [0.2, 0.25) is 0 Å². The summed E-state index contributed by atoms with van der Waals surface area (Å²) >= 11 is 1.70. The molecule has 1 aliphatic rings. The van der Waals surface area contributed by atoms with Gasteiger partial charge in [-0.25, -0.2) is 4.39 Å². The highest BCUT2D eigenvalue weighted by Gasteiger charge is 2.32. The molecular formula is C23H31FN2O4S. The quantitative estimate of drug-likeness (QED) is 0.533. The lowest BCUT2D eigenvalue weighted by molar-refractivity contribution is -0.136. The molecule has 0 unspecified atom stereocenters. The van der Waals surface area contributed by atoms with Crippen molar-refractivity contribution in [2.45, 2.75) is 31.9 Å². The number of hydrogen-bond acceptors (Lipinski definition) is 6. The zero-order valence-electron chi connectivity index (χ0n) is 18.1. The van der Waals surface area contributed by atoms with Gasteiger partial charge >= 0.3 is 0 Å². The molecule has 0 saturated carbocycles. The van der Waals surface area contributed by atoms with Crippen molar-refractivity contribution in [2.24, 2.45) is 0 Å². The Morgan fingerprint density at radius 3 is 2.84 bits per heavy atom. The van der Waals surface area contributed by atoms with Crippen LogP contribution in [0.4, 0.5) is 4.39 Å². The van der Waals surface area contributed by atoms with E-state index in [0.29, 0.717) is 38.6 Å². The number of thiophene rings is 1. The van der Waals surface area contributed by atoms with Crippen molar-refractivity contribution < 1.29 is 23.8 Å². The molecule has 2 aromatic rings. The number of nitrogens with zero attached hydrogens (tertiary/aromatic N) is 2. The first-order valence-corrected chi connectivity index (χ1v) is 11.5. The summed E-state index contributed by atoms with van der Waals surface area (Å²) < 4.78 is 24.2. The van der Waals surface area contributed by atoms with Gasteiger partial charge in [0.2, 0.25) is 5.91 Å². The molecule has 1 N–H and O–H groups in total. The Hall–Kier alpha value is -2.00. The SMILES string of the molecule is COCCCN(CC(=O)N1CCc2sccc2[C@@H]1COc1ccc(F)cc1)C[C@@H](C)O. The number of hydrogen-bond donors (Lipinski definition) is 1. The van der Waals surface area contributed by atoms with Gasteiger partial charge < -0.3 is 19.5 Å². The summed E-state index contributed by atoms with van der Waals surface area (Å²) in [5.74, 6) is 0.280. The lowest BCUT2D eigenvalue weighted by Gasteiger charge is -2.37. The Labute approximate surface area is 187 Å². The highest BCUT2D eigenvalue weighted by atomic mass is 32.1. The number of methoxy groups -OCH3 is 1. The van der Waals surface area contributed by atoms with Gasteiger partial charge in [0.05, 0.1) is 18.7 Å². The maximum Gasteiger partial charge on any atom is 0.237 e. The molecule has 0 spiro atoms. The zero-order valence-corrected chi connectivity index (χ0v) is 18.9. The number of ether oxygens (including phenoxy) is 2. The average Bonchev–Trinajstić information content (AvgIpc) is 3.22. The van der Waals surface area contributed by atoms with Crippen LogP contribution in [0, 0.1) is 5.82 Å². The van der Waals surface area contributed by atoms with E-state index >= 15 is 0 Å². The first kappa shape index (κ1) is 23.7. The van der Waals surface area contributed by atoms with E-state index in [9.17, 15) is 14.3 Å². The number of benzene rings is 1. The highest BCUT2D eigenvalue weighted by molar-refractivity contribution is 7.10. The van der Waals surface area contributed by atoms with Crippen LogP contribution in [0.25, 0.3) is 0 Å². The number of aliphatic hydroxyl groups is 1. The molecule has 0 radical (unpaired) electrons. The maximum absolute atomic E-state index is 13.3. The number of carbonyl (C=O) groups is 1. The second-order valence-electron chi connectivity index (χ2n) is 7.85. The molecule has 0 bridgehead atoms. The number of aliphatic hydroxyl groups excluding tert-OH is 1. The summed E-state index contributed by atoms with van der Waals surface area (Å²) in [7, 11) is 1.65. The third-order valence-corrected chi connectivity index (χ3v) is 6.34. The molecule has 8 heteroatoms. The van der Waals surface area contributed by atoms with E-state index in [1.165, 1.54) is 17.0 Å². The molecule has 2 atom stereocenters. The van der Waals surface area contributed by atoms with Crippen LogP contribution in [0.5, 0.6) is 5.75 Å². The molecule has 170 valence electrons. The minimum Gasteiger partial charge on any atom is -0.491 e. The van der Waals surface area contributed by atoms with E-state index in [-0.39, 0.29) is 24.3 Å². The fourth-order valence-corrected chi connectivity index (χ4v) is 4.83. The Balaban J connectivity index is 1.70. The molecule has 0 fully saturated rings. The van der Waals surface area contributed by atoms with Crippen molar-refractivity contribution in [3.05, 3.63) is 52.0 Å². The van der Waals surface area contributed by atoms with Gasteiger partial charge in [-0.1, -0.05) is 0 Å². The third-order valence-electron chi connectivity index (χ3n) is 5.34. The topological polar surface area (TPSA) is 62.2 Å². The Kier molecular flexibility index (Phi) is 8.83. The fourth-order valence-electron chi connectivity index (χ4n) is 3.90. The summed E-state index contributed by atoms with van der Waals surface area (Å²) in [4.78, 5) is 18.4. The van der Waals surface area contributed by atoms with Crippen LogP contribution in [-0.2, 0) is 16.0 Å². The van der Waals surface area contributed by atoms with E-state index in [1.54, 1.807) is 37.5 Å². The number of fused-ring (bicyclic) bond motifs is 1. The molecule has 1 aromatic carbocycles. The second kappa shape index (κ2) is 11.6. The van der Waals surface area contributed by atoms with Gasteiger partial charge in [0, 0.05) is 38.2 Å². The molecule has 3 rings (SSSR count). The van der Waals surface area contributed by atoms with Crippen LogP contribution < -0.4 is 4.74 Å². The predicted molar refractivity (Wildman–Crippen MR) is 119 cm³/mol. The number of carbonyl (C=O) groups excluding carboxylic acids is 1. The van der Waals surface area contributed by atoms with E-state index in [4.69, 9.17) is 9.47 Å². The van der Waals surface area contributed by atoms with Crippen LogP contribution in [0.3, 0.4) is 0 Å². The number of amides is 1. The van der Waals surface area contributed by atoms with Crippen molar-refractivity contribution >= 4 is 17.2 Å². The smallest absolute Gasteiger partial charge is 0.237 e. The molecule has 31 heavy (non-hydrogen) atoms. The van der Waals surface area contributed by atoms with Gasteiger partial charge in [0.1, 0.15) is 18.2 Å². The lowest BCUT2D eigenvalue weighted by atomic mass is 10.0. The molecular weight excluding hydrogens is 419 g/mol. The zero-order chi connectivity index (χ0) is 22.2. The van der Waals surface area contributed by atoms with Gasteiger partial charge in [-0.15, -0.1) is 11.3 Å². The van der Waals surface area contributed by atoms with Crippen molar-refractivity contribution in [1.82, 2.24) is 9.80 Å². The van der Waals surface area contributed by atoms with E-state index in [2.05, 4.69) is 6.07 Å². The number of rotatable bonds is 11. The summed E-state index contributed by atoms with van der Waals surface area (Å²) in [5, 5.41) is 11.9. The van der Waals surface area contributed by atoms with Gasteiger partial charge in [0.15, 0.2) is 0 Å². The van der Waals surface area contributed by atoms with Crippen LogP contribution >= 0.6 is 11.3 Å². The summed E-state index contributed by atoms with van der Waals surface area (Å²) in [5.41, 5.74) is 1.12. The highest BCUT2D eigenvalue weighted by Crippen LogP contribution is 2.34. The second-order valence-corrected chi connectivity index (χ2v) is 8.85. The standard InChI is InChI=1S/C23H31FN2O4S/c1-17(27)14-25(10-3-12-29-2)15-23(28)26-11-8-22-20(9-13-31-22)21(26)16-30-19-6-4-18(24)5-7-19/h4-7,9,13,17,21,27H,3,8,10-12,14-16H2,1-2H3/t17-,21+/m1/s1.